The van der Waals surface area contributed by atoms with Crippen LogP contribution in [0.4, 0.5) is 4.39 Å². The van der Waals surface area contributed by atoms with Crippen molar-refractivity contribution in [3.8, 4) is 0 Å². The summed E-state index contributed by atoms with van der Waals surface area (Å²) in [5.41, 5.74) is 4.59. The van der Waals surface area contributed by atoms with Crippen LogP contribution in [0.5, 0.6) is 0 Å². The van der Waals surface area contributed by atoms with E-state index in [0.717, 1.165) is 22.3 Å². The van der Waals surface area contributed by atoms with E-state index in [0.29, 0.717) is 10.6 Å². The molecule has 0 radical (unpaired) electrons. The van der Waals surface area contributed by atoms with E-state index in [4.69, 9.17) is 11.6 Å². The molecule has 0 saturated carbocycles. The normalized spacial score (nSPS) is 11.9. The Morgan fingerprint density at radius 1 is 1.04 bits per heavy atom. The van der Waals surface area contributed by atoms with E-state index in [1.807, 2.05) is 56.3 Å². The van der Waals surface area contributed by atoms with Gasteiger partial charge in [0.15, 0.2) is 0 Å². The molecule has 3 aromatic rings. The molecule has 0 heterocycles. The number of hydrogen-bond donors (Lipinski definition) is 1. The molecule has 0 bridgehead atoms. The second-order valence-corrected chi connectivity index (χ2v) is 7.12. The number of nitrogens with one attached hydrogen (secondary N) is 1. The SMILES string of the molecule is Cc1ccc([C@H](NC(=O)Cc2ccc(Cl)cc2F)c2ccccc2)c(C)c1. The Morgan fingerprint density at radius 2 is 1.78 bits per heavy atom. The zero-order chi connectivity index (χ0) is 19.4. The van der Waals surface area contributed by atoms with E-state index in [9.17, 15) is 9.18 Å². The van der Waals surface area contributed by atoms with E-state index in [1.165, 1.54) is 6.07 Å². The van der Waals surface area contributed by atoms with E-state index in [-0.39, 0.29) is 18.4 Å². The van der Waals surface area contributed by atoms with E-state index >= 15 is 0 Å². The van der Waals surface area contributed by atoms with Gasteiger partial charge in [-0.3, -0.25) is 4.79 Å². The minimum absolute atomic E-state index is 0.0444. The first kappa shape index (κ1) is 19.1. The topological polar surface area (TPSA) is 29.1 Å². The summed E-state index contributed by atoms with van der Waals surface area (Å²) in [7, 11) is 0. The van der Waals surface area contributed by atoms with Gasteiger partial charge in [-0.05, 0) is 48.2 Å². The number of carbonyl (C=O) groups excluding carboxylic acids is 1. The Kier molecular flexibility index (Phi) is 5.92. The third-order valence-corrected chi connectivity index (χ3v) is 4.78. The summed E-state index contributed by atoms with van der Waals surface area (Å²) >= 11 is 5.79. The van der Waals surface area contributed by atoms with Gasteiger partial charge in [-0.2, -0.15) is 0 Å². The molecule has 3 rings (SSSR count). The van der Waals surface area contributed by atoms with Crippen LogP contribution in [0.3, 0.4) is 0 Å². The van der Waals surface area contributed by atoms with Gasteiger partial charge >= 0.3 is 0 Å². The maximum atomic E-state index is 14.0. The molecule has 0 aliphatic carbocycles. The fourth-order valence-electron chi connectivity index (χ4n) is 3.19. The summed E-state index contributed by atoms with van der Waals surface area (Å²) in [5, 5.41) is 3.38. The molecule has 138 valence electrons. The average molecular weight is 382 g/mol. The Bertz CT molecular complexity index is 956. The zero-order valence-electron chi connectivity index (χ0n) is 15.3. The Balaban J connectivity index is 1.88. The van der Waals surface area contributed by atoms with Crippen LogP contribution in [0.25, 0.3) is 0 Å². The minimum Gasteiger partial charge on any atom is -0.345 e. The lowest BCUT2D eigenvalue weighted by Gasteiger charge is -2.22. The number of carbonyl (C=O) groups is 1. The van der Waals surface area contributed by atoms with Gasteiger partial charge in [0.05, 0.1) is 12.5 Å². The van der Waals surface area contributed by atoms with Crippen LogP contribution in [0.1, 0.15) is 33.9 Å². The van der Waals surface area contributed by atoms with Crippen LogP contribution in [0.2, 0.25) is 5.02 Å². The molecule has 1 N–H and O–H groups in total. The maximum Gasteiger partial charge on any atom is 0.225 e. The molecule has 4 heteroatoms. The molecule has 2 nitrogen and oxygen atoms in total. The minimum atomic E-state index is -0.472. The number of amides is 1. The summed E-state index contributed by atoms with van der Waals surface area (Å²) in [6.45, 7) is 4.07. The number of rotatable bonds is 5. The molecule has 0 spiro atoms. The number of hydrogen-bond acceptors (Lipinski definition) is 1. The summed E-state index contributed by atoms with van der Waals surface area (Å²) in [5.74, 6) is -0.717. The molecule has 0 aliphatic heterocycles. The number of aryl methyl sites for hydroxylation is 2. The van der Waals surface area contributed by atoms with Crippen molar-refractivity contribution in [2.45, 2.75) is 26.3 Å². The standard InChI is InChI=1S/C23H21ClFNO/c1-15-8-11-20(16(2)12-15)23(17-6-4-3-5-7-17)26-22(27)13-18-9-10-19(24)14-21(18)25/h3-12,14,23H,13H2,1-2H3,(H,26,27)/t23-/m1/s1. The fourth-order valence-corrected chi connectivity index (χ4v) is 3.34. The smallest absolute Gasteiger partial charge is 0.225 e. The molecule has 27 heavy (non-hydrogen) atoms. The predicted octanol–water partition coefficient (Wildman–Crippen LogP) is 5.54. The van der Waals surface area contributed by atoms with Crippen LogP contribution in [0.15, 0.2) is 66.7 Å². The molecule has 0 aromatic heterocycles. The second kappa shape index (κ2) is 8.36. The summed E-state index contributed by atoms with van der Waals surface area (Å²) in [4.78, 5) is 12.7. The number of benzene rings is 3. The predicted molar refractivity (Wildman–Crippen MR) is 107 cm³/mol. The third kappa shape index (κ3) is 4.75. The lowest BCUT2D eigenvalue weighted by atomic mass is 9.93. The molecule has 1 amide bonds. The van der Waals surface area contributed by atoms with Crippen molar-refractivity contribution >= 4 is 17.5 Å². The van der Waals surface area contributed by atoms with Crippen molar-refractivity contribution in [3.63, 3.8) is 0 Å². The highest BCUT2D eigenvalue weighted by atomic mass is 35.5. The molecule has 1 atom stereocenters. The van der Waals surface area contributed by atoms with Gasteiger partial charge in [0.2, 0.25) is 5.91 Å². The van der Waals surface area contributed by atoms with Crippen LogP contribution in [0, 0.1) is 19.7 Å². The highest BCUT2D eigenvalue weighted by Gasteiger charge is 2.19. The van der Waals surface area contributed by atoms with Gasteiger partial charge in [0.25, 0.3) is 0 Å². The monoisotopic (exact) mass is 381 g/mol. The first-order chi connectivity index (χ1) is 12.9. The Morgan fingerprint density at radius 3 is 2.44 bits per heavy atom. The summed E-state index contributed by atoms with van der Waals surface area (Å²) < 4.78 is 14.0. The van der Waals surface area contributed by atoms with Crippen LogP contribution in [-0.2, 0) is 11.2 Å². The summed E-state index contributed by atoms with van der Waals surface area (Å²) in [6, 6.07) is 20.0. The largest absolute Gasteiger partial charge is 0.345 e. The van der Waals surface area contributed by atoms with Gasteiger partial charge in [-0.25, -0.2) is 4.39 Å². The van der Waals surface area contributed by atoms with Crippen LogP contribution in [-0.4, -0.2) is 5.91 Å². The Labute approximate surface area is 164 Å². The third-order valence-electron chi connectivity index (χ3n) is 4.54. The molecule has 0 aliphatic rings. The average Bonchev–Trinajstić information content (AvgIpc) is 2.63. The highest BCUT2D eigenvalue weighted by molar-refractivity contribution is 6.30. The molecule has 0 fully saturated rings. The van der Waals surface area contributed by atoms with Crippen LogP contribution >= 0.6 is 11.6 Å². The zero-order valence-corrected chi connectivity index (χ0v) is 16.1. The second-order valence-electron chi connectivity index (χ2n) is 6.68. The van der Waals surface area contributed by atoms with Gasteiger partial charge in [0.1, 0.15) is 5.82 Å². The first-order valence-electron chi connectivity index (χ1n) is 8.79. The van der Waals surface area contributed by atoms with E-state index < -0.39 is 5.82 Å². The fraction of sp³-hybridized carbons (Fsp3) is 0.174. The van der Waals surface area contributed by atoms with Crippen molar-refractivity contribution in [1.29, 1.82) is 0 Å². The van der Waals surface area contributed by atoms with Gasteiger partial charge in [-0.1, -0.05) is 71.8 Å². The van der Waals surface area contributed by atoms with Gasteiger partial charge in [0, 0.05) is 5.02 Å². The lowest BCUT2D eigenvalue weighted by Crippen LogP contribution is -2.31. The quantitative estimate of drug-likeness (QED) is 0.617. The van der Waals surface area contributed by atoms with Crippen molar-refractivity contribution in [1.82, 2.24) is 5.32 Å². The maximum absolute atomic E-state index is 14.0. The van der Waals surface area contributed by atoms with Gasteiger partial charge in [-0.15, -0.1) is 0 Å². The van der Waals surface area contributed by atoms with Crippen LogP contribution < -0.4 is 5.32 Å². The lowest BCUT2D eigenvalue weighted by molar-refractivity contribution is -0.121. The molecule has 0 saturated heterocycles. The van der Waals surface area contributed by atoms with Gasteiger partial charge < -0.3 is 5.32 Å². The molecular formula is C23H21ClFNO. The van der Waals surface area contributed by atoms with E-state index in [2.05, 4.69) is 11.4 Å². The highest BCUT2D eigenvalue weighted by Crippen LogP contribution is 2.26. The molecule has 0 unspecified atom stereocenters. The number of halogens is 2. The summed E-state index contributed by atoms with van der Waals surface area (Å²) in [6.07, 6.45) is -0.0444. The van der Waals surface area contributed by atoms with Crippen molar-refractivity contribution in [3.05, 3.63) is 105 Å². The molecular weight excluding hydrogens is 361 g/mol. The van der Waals surface area contributed by atoms with Crippen molar-refractivity contribution < 1.29 is 9.18 Å². The first-order valence-corrected chi connectivity index (χ1v) is 9.17. The van der Waals surface area contributed by atoms with E-state index in [1.54, 1.807) is 12.1 Å². The molecule has 3 aromatic carbocycles. The van der Waals surface area contributed by atoms with Crippen molar-refractivity contribution in [2.24, 2.45) is 0 Å². The van der Waals surface area contributed by atoms with Crippen molar-refractivity contribution in [2.75, 3.05) is 0 Å². The Hall–Kier alpha value is -2.65.